The fraction of sp³-hybridized carbons (Fsp3) is 0.136. The van der Waals surface area contributed by atoms with Crippen LogP contribution in [0.5, 0.6) is 0 Å². The summed E-state index contributed by atoms with van der Waals surface area (Å²) >= 11 is 0. The molecule has 0 saturated heterocycles. The molecule has 1 aliphatic rings. The number of rotatable bonds is 3. The minimum absolute atomic E-state index is 0.291. The number of anilines is 1. The summed E-state index contributed by atoms with van der Waals surface area (Å²) in [5.74, 6) is 0. The van der Waals surface area contributed by atoms with Crippen molar-refractivity contribution in [3.8, 4) is 0 Å². The second kappa shape index (κ2) is 5.97. The van der Waals surface area contributed by atoms with Gasteiger partial charge >= 0.3 is 0 Å². The smallest absolute Gasteiger partial charge is 0.106 e. The minimum Gasteiger partial charge on any atom is -0.370 e. The Kier molecular flexibility index (Phi) is 3.66. The minimum atomic E-state index is -0.291. The molecule has 1 N–H and O–H groups in total. The van der Waals surface area contributed by atoms with Crippen molar-refractivity contribution in [2.75, 3.05) is 5.32 Å². The van der Waals surface area contributed by atoms with Gasteiger partial charge in [-0.1, -0.05) is 73.7 Å². The summed E-state index contributed by atoms with van der Waals surface area (Å²) in [7, 11) is 0. The van der Waals surface area contributed by atoms with Crippen molar-refractivity contribution in [1.82, 2.24) is 0 Å². The summed E-state index contributed by atoms with van der Waals surface area (Å²) < 4.78 is 0. The van der Waals surface area contributed by atoms with Crippen LogP contribution in [0.3, 0.4) is 0 Å². The summed E-state index contributed by atoms with van der Waals surface area (Å²) in [4.78, 5) is 5.05. The second-order valence-electron chi connectivity index (χ2n) is 6.09. The van der Waals surface area contributed by atoms with E-state index < -0.39 is 0 Å². The van der Waals surface area contributed by atoms with E-state index in [4.69, 9.17) is 4.99 Å². The van der Waals surface area contributed by atoms with Crippen molar-refractivity contribution >= 4 is 17.1 Å². The van der Waals surface area contributed by atoms with E-state index in [2.05, 4.69) is 79.0 Å². The Hall–Kier alpha value is -2.87. The largest absolute Gasteiger partial charge is 0.370 e. The molecule has 118 valence electrons. The molecule has 24 heavy (non-hydrogen) atoms. The molecule has 0 aromatic heterocycles. The van der Waals surface area contributed by atoms with Crippen molar-refractivity contribution in [1.29, 1.82) is 0 Å². The lowest BCUT2D eigenvalue weighted by Crippen LogP contribution is -2.38. The van der Waals surface area contributed by atoms with Crippen LogP contribution in [0.2, 0.25) is 0 Å². The van der Waals surface area contributed by atoms with Gasteiger partial charge in [0.1, 0.15) is 5.54 Å². The van der Waals surface area contributed by atoms with Crippen LogP contribution in [0, 0.1) is 0 Å². The van der Waals surface area contributed by atoms with Crippen molar-refractivity contribution in [2.45, 2.75) is 18.9 Å². The van der Waals surface area contributed by atoms with Crippen LogP contribution in [0.1, 0.15) is 24.5 Å². The highest BCUT2D eigenvalue weighted by Crippen LogP contribution is 2.42. The second-order valence-corrected chi connectivity index (χ2v) is 6.09. The zero-order valence-corrected chi connectivity index (χ0v) is 13.7. The zero-order valence-electron chi connectivity index (χ0n) is 13.7. The van der Waals surface area contributed by atoms with Gasteiger partial charge in [0.05, 0.1) is 11.4 Å². The van der Waals surface area contributed by atoms with Crippen LogP contribution < -0.4 is 5.32 Å². The molecule has 0 bridgehead atoms. The molecule has 3 aromatic rings. The average Bonchev–Trinajstić information content (AvgIpc) is 2.98. The van der Waals surface area contributed by atoms with Gasteiger partial charge in [0.2, 0.25) is 0 Å². The molecule has 4 rings (SSSR count). The molecule has 0 spiro atoms. The first-order valence-electron chi connectivity index (χ1n) is 8.41. The average molecular weight is 312 g/mol. The van der Waals surface area contributed by atoms with Crippen molar-refractivity contribution < 1.29 is 0 Å². The Balaban J connectivity index is 1.95. The Labute approximate surface area is 142 Å². The lowest BCUT2D eigenvalue weighted by molar-refractivity contribution is 0.643. The number of benzene rings is 3. The predicted molar refractivity (Wildman–Crippen MR) is 101 cm³/mol. The number of hydrogen-bond acceptors (Lipinski definition) is 2. The maximum absolute atomic E-state index is 5.05. The Morgan fingerprint density at radius 2 is 1.42 bits per heavy atom. The number of hydrogen-bond donors (Lipinski definition) is 1. The van der Waals surface area contributed by atoms with Gasteiger partial charge in [-0.2, -0.15) is 0 Å². The number of nitrogens with zero attached hydrogens (tertiary/aromatic N) is 1. The zero-order chi connectivity index (χ0) is 16.4. The molecule has 1 aliphatic heterocycles. The molecular formula is C22H20N2. The molecule has 0 radical (unpaired) electrons. The van der Waals surface area contributed by atoms with E-state index in [0.717, 1.165) is 23.5 Å². The van der Waals surface area contributed by atoms with Gasteiger partial charge < -0.3 is 5.32 Å². The predicted octanol–water partition coefficient (Wildman–Crippen LogP) is 5.54. The lowest BCUT2D eigenvalue weighted by atomic mass is 9.82. The van der Waals surface area contributed by atoms with Gasteiger partial charge in [0.25, 0.3) is 0 Å². The van der Waals surface area contributed by atoms with Crippen molar-refractivity contribution in [3.63, 3.8) is 0 Å². The number of para-hydroxylation sites is 2. The molecular weight excluding hydrogens is 292 g/mol. The molecule has 3 aromatic carbocycles. The monoisotopic (exact) mass is 312 g/mol. The summed E-state index contributed by atoms with van der Waals surface area (Å²) in [6.07, 6.45) is 0.928. The van der Waals surface area contributed by atoms with E-state index >= 15 is 0 Å². The first kappa shape index (κ1) is 14.7. The van der Waals surface area contributed by atoms with Crippen LogP contribution in [0.4, 0.5) is 11.4 Å². The van der Waals surface area contributed by atoms with Crippen LogP contribution in [0.15, 0.2) is 89.9 Å². The third-order valence-corrected chi connectivity index (χ3v) is 4.73. The van der Waals surface area contributed by atoms with Crippen molar-refractivity contribution in [3.05, 3.63) is 96.1 Å². The Morgan fingerprint density at radius 1 is 0.792 bits per heavy atom. The van der Waals surface area contributed by atoms with E-state index in [9.17, 15) is 0 Å². The van der Waals surface area contributed by atoms with Gasteiger partial charge in [-0.3, -0.25) is 0 Å². The molecule has 1 atom stereocenters. The molecule has 1 heterocycles. The van der Waals surface area contributed by atoms with Gasteiger partial charge in [0, 0.05) is 11.3 Å². The number of nitrogens with one attached hydrogen (secondary N) is 1. The fourth-order valence-corrected chi connectivity index (χ4v) is 3.50. The third kappa shape index (κ3) is 2.31. The first-order valence-corrected chi connectivity index (χ1v) is 8.41. The molecule has 2 heteroatoms. The molecule has 0 aliphatic carbocycles. The topological polar surface area (TPSA) is 24.4 Å². The van der Waals surface area contributed by atoms with Crippen LogP contribution >= 0.6 is 0 Å². The van der Waals surface area contributed by atoms with Crippen LogP contribution in [-0.2, 0) is 5.54 Å². The summed E-state index contributed by atoms with van der Waals surface area (Å²) in [6, 6.07) is 29.3. The van der Waals surface area contributed by atoms with Crippen molar-refractivity contribution in [2.24, 2.45) is 4.99 Å². The SMILES string of the molecule is CC[C@]1(c2ccccc2)Nc2ccccc2C1=Nc1ccccc1. The summed E-state index contributed by atoms with van der Waals surface area (Å²) in [5, 5.41) is 3.75. The van der Waals surface area contributed by atoms with E-state index in [1.54, 1.807) is 0 Å². The summed E-state index contributed by atoms with van der Waals surface area (Å²) in [5.41, 5.74) is 5.38. The molecule has 0 amide bonds. The Bertz CT molecular complexity index is 869. The van der Waals surface area contributed by atoms with Gasteiger partial charge in [-0.05, 0) is 30.2 Å². The number of fused-ring (bicyclic) bond motifs is 1. The first-order chi connectivity index (χ1) is 11.8. The molecule has 0 fully saturated rings. The fourth-order valence-electron chi connectivity index (χ4n) is 3.50. The highest BCUT2D eigenvalue weighted by atomic mass is 15.1. The highest BCUT2D eigenvalue weighted by Gasteiger charge is 2.43. The maximum atomic E-state index is 5.05. The van der Waals surface area contributed by atoms with E-state index in [0.29, 0.717) is 0 Å². The van der Waals surface area contributed by atoms with Gasteiger partial charge in [-0.25, -0.2) is 4.99 Å². The van der Waals surface area contributed by atoms with Crippen LogP contribution in [-0.4, -0.2) is 5.71 Å². The van der Waals surface area contributed by atoms with Gasteiger partial charge in [-0.15, -0.1) is 0 Å². The molecule has 0 unspecified atom stereocenters. The quantitative estimate of drug-likeness (QED) is 0.675. The maximum Gasteiger partial charge on any atom is 0.106 e. The highest BCUT2D eigenvalue weighted by molar-refractivity contribution is 6.17. The third-order valence-electron chi connectivity index (χ3n) is 4.73. The van der Waals surface area contributed by atoms with Gasteiger partial charge in [0.15, 0.2) is 0 Å². The molecule has 0 saturated carbocycles. The number of aliphatic imine (C=N–C) groups is 1. The Morgan fingerprint density at radius 3 is 2.12 bits per heavy atom. The van der Waals surface area contributed by atoms with E-state index in [1.165, 1.54) is 11.1 Å². The van der Waals surface area contributed by atoms with E-state index in [1.807, 2.05) is 18.2 Å². The summed E-state index contributed by atoms with van der Waals surface area (Å²) in [6.45, 7) is 2.21. The van der Waals surface area contributed by atoms with Crippen LogP contribution in [0.25, 0.3) is 0 Å². The lowest BCUT2D eigenvalue weighted by Gasteiger charge is -2.30. The molecule has 2 nitrogen and oxygen atoms in total. The standard InChI is InChI=1S/C22H20N2/c1-2-22(17-11-5-3-6-12-17)21(23-18-13-7-4-8-14-18)19-15-9-10-16-20(19)24-22/h3-16,24H,2H2,1H3/t22-/m1/s1. The normalized spacial score (nSPS) is 20.6. The van der Waals surface area contributed by atoms with E-state index in [-0.39, 0.29) is 5.54 Å².